The van der Waals surface area contributed by atoms with Crippen molar-refractivity contribution in [1.82, 2.24) is 14.9 Å². The highest BCUT2D eigenvalue weighted by molar-refractivity contribution is 7.08. The van der Waals surface area contributed by atoms with Crippen LogP contribution < -0.4 is 5.32 Å². The first kappa shape index (κ1) is 11.4. The molecule has 0 aliphatic carbocycles. The molecule has 1 fully saturated rings. The Hall–Kier alpha value is -1.05. The number of hydrogen-bond donors (Lipinski definition) is 1. The van der Waals surface area contributed by atoms with Crippen molar-refractivity contribution in [3.05, 3.63) is 10.6 Å². The number of hydrogen-bond acceptors (Lipinski definition) is 6. The van der Waals surface area contributed by atoms with Crippen LogP contribution in [0.4, 0.5) is 0 Å². The molecule has 2 heterocycles. The minimum atomic E-state index is -0.162. The predicted octanol–water partition coefficient (Wildman–Crippen LogP) is -0.00988. The summed E-state index contributed by atoms with van der Waals surface area (Å²) in [6, 6.07) is -0.0981. The number of carbonyl (C=O) groups is 1. The standard InChI is InChI=1S/C9H13N3O3S/c1-5-8(16-12-11-5)9(13)10-6-3-15-4-7(6)14-2/h6-7H,3-4H2,1-2H3,(H,10,13)/t6-,7+/m0/s1. The Kier molecular flexibility index (Phi) is 3.47. The third-order valence-corrected chi connectivity index (χ3v) is 3.33. The number of nitrogens with one attached hydrogen (secondary N) is 1. The van der Waals surface area contributed by atoms with E-state index in [-0.39, 0.29) is 18.1 Å². The Balaban J connectivity index is 2.00. The lowest BCUT2D eigenvalue weighted by Gasteiger charge is -2.16. The van der Waals surface area contributed by atoms with Crippen LogP contribution in [0.25, 0.3) is 0 Å². The molecule has 88 valence electrons. The van der Waals surface area contributed by atoms with Crippen molar-refractivity contribution >= 4 is 17.4 Å². The zero-order valence-corrected chi connectivity index (χ0v) is 9.91. The molecule has 1 aliphatic heterocycles. The Morgan fingerprint density at radius 1 is 1.62 bits per heavy atom. The molecule has 0 bridgehead atoms. The summed E-state index contributed by atoms with van der Waals surface area (Å²) in [7, 11) is 1.61. The predicted molar refractivity (Wildman–Crippen MR) is 57.5 cm³/mol. The number of amides is 1. The summed E-state index contributed by atoms with van der Waals surface area (Å²) < 4.78 is 14.2. The summed E-state index contributed by atoms with van der Waals surface area (Å²) in [5.74, 6) is -0.162. The van der Waals surface area contributed by atoms with Crippen LogP contribution in [0.2, 0.25) is 0 Å². The number of aromatic nitrogens is 2. The van der Waals surface area contributed by atoms with Gasteiger partial charge < -0.3 is 14.8 Å². The second-order valence-corrected chi connectivity index (χ2v) is 4.33. The van der Waals surface area contributed by atoms with Gasteiger partial charge in [-0.3, -0.25) is 4.79 Å². The lowest BCUT2D eigenvalue weighted by Crippen LogP contribution is -2.43. The second kappa shape index (κ2) is 4.86. The van der Waals surface area contributed by atoms with Gasteiger partial charge in [0.2, 0.25) is 0 Å². The third kappa shape index (κ3) is 2.21. The first-order chi connectivity index (χ1) is 7.72. The maximum Gasteiger partial charge on any atom is 0.265 e. The molecule has 1 N–H and O–H groups in total. The number of ether oxygens (including phenoxy) is 2. The molecule has 0 radical (unpaired) electrons. The van der Waals surface area contributed by atoms with Gasteiger partial charge in [0.05, 0.1) is 24.9 Å². The van der Waals surface area contributed by atoms with Crippen molar-refractivity contribution in [2.45, 2.75) is 19.1 Å². The zero-order valence-electron chi connectivity index (χ0n) is 9.10. The number of methoxy groups -OCH3 is 1. The number of rotatable bonds is 3. The summed E-state index contributed by atoms with van der Waals surface area (Å²) in [5.41, 5.74) is 0.649. The summed E-state index contributed by atoms with van der Waals surface area (Å²) >= 11 is 1.10. The van der Waals surface area contributed by atoms with E-state index < -0.39 is 0 Å². The first-order valence-electron chi connectivity index (χ1n) is 4.92. The summed E-state index contributed by atoms with van der Waals surface area (Å²) in [6.07, 6.45) is -0.0786. The van der Waals surface area contributed by atoms with Crippen LogP contribution in [-0.2, 0) is 9.47 Å². The highest BCUT2D eigenvalue weighted by Gasteiger charge is 2.30. The number of nitrogens with zero attached hydrogens (tertiary/aromatic N) is 2. The molecular formula is C9H13N3O3S. The van der Waals surface area contributed by atoms with Gasteiger partial charge >= 0.3 is 0 Å². The molecular weight excluding hydrogens is 230 g/mol. The molecule has 1 aromatic rings. The molecule has 0 spiro atoms. The normalized spacial score (nSPS) is 24.6. The monoisotopic (exact) mass is 243 g/mol. The van der Waals surface area contributed by atoms with Gasteiger partial charge in [-0.1, -0.05) is 4.49 Å². The van der Waals surface area contributed by atoms with Gasteiger partial charge in [-0.15, -0.1) is 5.10 Å². The van der Waals surface area contributed by atoms with Crippen molar-refractivity contribution in [3.8, 4) is 0 Å². The Morgan fingerprint density at radius 2 is 2.44 bits per heavy atom. The lowest BCUT2D eigenvalue weighted by molar-refractivity contribution is 0.0686. The molecule has 6 nitrogen and oxygen atoms in total. The topological polar surface area (TPSA) is 73.3 Å². The molecule has 16 heavy (non-hydrogen) atoms. The van der Waals surface area contributed by atoms with E-state index in [1.54, 1.807) is 14.0 Å². The third-order valence-electron chi connectivity index (χ3n) is 2.51. The highest BCUT2D eigenvalue weighted by Crippen LogP contribution is 2.13. The van der Waals surface area contributed by atoms with E-state index >= 15 is 0 Å². The number of carbonyl (C=O) groups excluding carboxylic acids is 1. The smallest absolute Gasteiger partial charge is 0.265 e. The van der Waals surface area contributed by atoms with Gasteiger partial charge in [0, 0.05) is 7.11 Å². The molecule has 1 saturated heterocycles. The largest absolute Gasteiger partial charge is 0.377 e. The van der Waals surface area contributed by atoms with Gasteiger partial charge in [-0.2, -0.15) is 0 Å². The molecule has 0 aromatic carbocycles. The molecule has 7 heteroatoms. The Labute approximate surface area is 97.1 Å². The molecule has 0 saturated carbocycles. The minimum absolute atomic E-state index is 0.0786. The van der Waals surface area contributed by atoms with Crippen LogP contribution in [0.5, 0.6) is 0 Å². The van der Waals surface area contributed by atoms with Gasteiger partial charge in [-0.25, -0.2) is 0 Å². The summed E-state index contributed by atoms with van der Waals surface area (Å²) in [6.45, 7) is 2.76. The minimum Gasteiger partial charge on any atom is -0.377 e. The van der Waals surface area contributed by atoms with Gasteiger partial charge in [0.15, 0.2) is 0 Å². The lowest BCUT2D eigenvalue weighted by atomic mass is 10.2. The van der Waals surface area contributed by atoms with Crippen molar-refractivity contribution in [1.29, 1.82) is 0 Å². The Morgan fingerprint density at radius 3 is 3.06 bits per heavy atom. The van der Waals surface area contributed by atoms with Crippen molar-refractivity contribution < 1.29 is 14.3 Å². The van der Waals surface area contributed by atoms with Crippen LogP contribution in [-0.4, -0.2) is 48.0 Å². The van der Waals surface area contributed by atoms with Gasteiger partial charge in [0.1, 0.15) is 11.0 Å². The van der Waals surface area contributed by atoms with E-state index in [0.29, 0.717) is 23.8 Å². The van der Waals surface area contributed by atoms with Crippen LogP contribution in [0, 0.1) is 6.92 Å². The highest BCUT2D eigenvalue weighted by atomic mass is 32.1. The molecule has 1 aliphatic rings. The quantitative estimate of drug-likeness (QED) is 0.808. The maximum absolute atomic E-state index is 11.9. The average molecular weight is 243 g/mol. The van der Waals surface area contributed by atoms with E-state index in [4.69, 9.17) is 9.47 Å². The van der Waals surface area contributed by atoms with Gasteiger partial charge in [-0.05, 0) is 18.5 Å². The van der Waals surface area contributed by atoms with Crippen LogP contribution in [0.3, 0.4) is 0 Å². The first-order valence-corrected chi connectivity index (χ1v) is 5.70. The zero-order chi connectivity index (χ0) is 11.5. The van der Waals surface area contributed by atoms with E-state index in [9.17, 15) is 4.79 Å². The maximum atomic E-state index is 11.9. The van der Waals surface area contributed by atoms with Crippen LogP contribution in [0.1, 0.15) is 15.4 Å². The summed E-state index contributed by atoms with van der Waals surface area (Å²) in [4.78, 5) is 12.4. The molecule has 2 rings (SSSR count). The van der Waals surface area contributed by atoms with E-state index in [1.807, 2.05) is 0 Å². The van der Waals surface area contributed by atoms with E-state index in [0.717, 1.165) is 11.5 Å². The second-order valence-electron chi connectivity index (χ2n) is 3.58. The number of aryl methyl sites for hydroxylation is 1. The fourth-order valence-corrected chi connectivity index (χ4v) is 2.13. The fraction of sp³-hybridized carbons (Fsp3) is 0.667. The van der Waals surface area contributed by atoms with Crippen molar-refractivity contribution in [2.24, 2.45) is 0 Å². The van der Waals surface area contributed by atoms with Crippen molar-refractivity contribution in [3.63, 3.8) is 0 Å². The van der Waals surface area contributed by atoms with E-state index in [2.05, 4.69) is 14.9 Å². The average Bonchev–Trinajstić information content (AvgIpc) is 2.86. The van der Waals surface area contributed by atoms with Crippen LogP contribution in [0.15, 0.2) is 0 Å². The molecule has 0 unspecified atom stereocenters. The fourth-order valence-electron chi connectivity index (χ4n) is 1.58. The van der Waals surface area contributed by atoms with Crippen molar-refractivity contribution in [2.75, 3.05) is 20.3 Å². The summed E-state index contributed by atoms with van der Waals surface area (Å²) in [5, 5.41) is 6.66. The van der Waals surface area contributed by atoms with Crippen LogP contribution >= 0.6 is 11.5 Å². The van der Waals surface area contributed by atoms with E-state index in [1.165, 1.54) is 0 Å². The Bertz CT molecular complexity index is 382. The molecule has 1 aromatic heterocycles. The van der Waals surface area contributed by atoms with Gasteiger partial charge in [0.25, 0.3) is 5.91 Å². The molecule has 1 amide bonds. The SMILES string of the molecule is CO[C@@H]1COC[C@@H]1NC(=O)c1snnc1C. The molecule has 2 atom stereocenters.